The topological polar surface area (TPSA) is 63.5 Å². The number of ether oxygens (including phenoxy) is 1. The molecule has 0 saturated carbocycles. The van der Waals surface area contributed by atoms with Gasteiger partial charge >= 0.3 is 0 Å². The fourth-order valence-electron chi connectivity index (χ4n) is 2.56. The first-order chi connectivity index (χ1) is 12.2. The van der Waals surface area contributed by atoms with E-state index in [-0.39, 0.29) is 0 Å². The summed E-state index contributed by atoms with van der Waals surface area (Å²) in [7, 11) is 1.78. The molecule has 1 aromatic carbocycles. The first-order valence-corrected chi connectivity index (χ1v) is 8.76. The second-order valence-electron chi connectivity index (χ2n) is 5.97. The highest BCUT2D eigenvalue weighted by Crippen LogP contribution is 2.02. The Kier molecular flexibility index (Phi) is 7.98. The quantitative estimate of drug-likeness (QED) is 0.416. The second kappa shape index (κ2) is 10.5. The van der Waals surface area contributed by atoms with Crippen LogP contribution in [-0.2, 0) is 17.9 Å². The lowest BCUT2D eigenvalue weighted by Crippen LogP contribution is -2.39. The maximum atomic E-state index is 5.66. The number of guanidine groups is 1. The third-order valence-corrected chi connectivity index (χ3v) is 3.82. The minimum atomic E-state index is 0.636. The molecule has 136 valence electrons. The Hall–Kier alpha value is -2.34. The first kappa shape index (κ1) is 19.0. The van der Waals surface area contributed by atoms with Gasteiger partial charge in [0.05, 0.1) is 18.9 Å². The zero-order valence-electron chi connectivity index (χ0n) is 15.5. The highest BCUT2D eigenvalue weighted by molar-refractivity contribution is 5.79. The molecule has 0 spiro atoms. The number of hydrogen-bond donors (Lipinski definition) is 2. The van der Waals surface area contributed by atoms with Crippen molar-refractivity contribution in [3.05, 3.63) is 53.3 Å². The third-order valence-electron chi connectivity index (χ3n) is 3.82. The molecule has 0 aliphatic carbocycles. The van der Waals surface area contributed by atoms with Crippen molar-refractivity contribution >= 4 is 5.96 Å². The van der Waals surface area contributed by atoms with Gasteiger partial charge < -0.3 is 15.4 Å². The lowest BCUT2D eigenvalue weighted by Gasteiger charge is -2.12. The monoisotopic (exact) mass is 343 g/mol. The normalized spacial score (nSPS) is 11.6. The average molecular weight is 343 g/mol. The van der Waals surface area contributed by atoms with E-state index in [2.05, 4.69) is 45.8 Å². The largest absolute Gasteiger partial charge is 0.375 e. The molecule has 0 atom stereocenters. The Morgan fingerprint density at radius 2 is 1.92 bits per heavy atom. The summed E-state index contributed by atoms with van der Waals surface area (Å²) in [5.74, 6) is 0.802. The van der Waals surface area contributed by atoms with E-state index in [1.165, 1.54) is 11.3 Å². The third kappa shape index (κ3) is 6.97. The molecule has 6 heteroatoms. The predicted molar refractivity (Wildman–Crippen MR) is 102 cm³/mol. The lowest BCUT2D eigenvalue weighted by molar-refractivity contribution is 0.125. The van der Waals surface area contributed by atoms with Crippen LogP contribution < -0.4 is 10.6 Å². The van der Waals surface area contributed by atoms with Crippen LogP contribution >= 0.6 is 0 Å². The zero-order valence-corrected chi connectivity index (χ0v) is 15.5. The summed E-state index contributed by atoms with van der Waals surface area (Å²) >= 11 is 0. The minimum Gasteiger partial charge on any atom is -0.375 e. The molecule has 25 heavy (non-hydrogen) atoms. The van der Waals surface area contributed by atoms with Gasteiger partial charge in [-0.05, 0) is 31.9 Å². The summed E-state index contributed by atoms with van der Waals surface area (Å²) in [5.41, 5.74) is 3.46. The molecule has 0 aliphatic rings. The number of hydrogen-bond acceptors (Lipinski definition) is 3. The standard InChI is InChI=1S/C19H29N5O/c1-16-14-17(2)24(23-16)12-7-10-21-19(20-3)22-11-13-25-15-18-8-5-4-6-9-18/h4-6,8-9,14H,7,10-13,15H2,1-3H3,(H2,20,21,22). The number of rotatable bonds is 9. The summed E-state index contributed by atoms with van der Waals surface area (Å²) in [5, 5.41) is 11.0. The number of benzene rings is 1. The van der Waals surface area contributed by atoms with Gasteiger partial charge in [0.15, 0.2) is 5.96 Å². The number of aryl methyl sites for hydroxylation is 3. The second-order valence-corrected chi connectivity index (χ2v) is 5.97. The van der Waals surface area contributed by atoms with E-state index in [0.717, 1.165) is 37.7 Å². The zero-order chi connectivity index (χ0) is 17.9. The summed E-state index contributed by atoms with van der Waals surface area (Å²) in [6.07, 6.45) is 0.993. The molecule has 6 nitrogen and oxygen atoms in total. The molecule has 2 N–H and O–H groups in total. The van der Waals surface area contributed by atoms with Gasteiger partial charge in [-0.2, -0.15) is 5.10 Å². The van der Waals surface area contributed by atoms with Gasteiger partial charge in [0, 0.05) is 32.4 Å². The van der Waals surface area contributed by atoms with Crippen molar-refractivity contribution in [1.29, 1.82) is 0 Å². The summed E-state index contributed by atoms with van der Waals surface area (Å²) in [4.78, 5) is 4.23. The van der Waals surface area contributed by atoms with Crippen LogP contribution in [0.25, 0.3) is 0 Å². The van der Waals surface area contributed by atoms with Gasteiger partial charge in [-0.15, -0.1) is 0 Å². The highest BCUT2D eigenvalue weighted by Gasteiger charge is 2.01. The highest BCUT2D eigenvalue weighted by atomic mass is 16.5. The van der Waals surface area contributed by atoms with Crippen LogP contribution in [0.3, 0.4) is 0 Å². The molecule has 1 heterocycles. The maximum Gasteiger partial charge on any atom is 0.191 e. The molecule has 0 bridgehead atoms. The van der Waals surface area contributed by atoms with Crippen molar-refractivity contribution in [2.75, 3.05) is 26.7 Å². The molecule has 0 radical (unpaired) electrons. The Balaban J connectivity index is 1.55. The number of nitrogens with zero attached hydrogens (tertiary/aromatic N) is 3. The van der Waals surface area contributed by atoms with Crippen LogP contribution in [0.5, 0.6) is 0 Å². The fraction of sp³-hybridized carbons (Fsp3) is 0.474. The first-order valence-electron chi connectivity index (χ1n) is 8.76. The van der Waals surface area contributed by atoms with Gasteiger partial charge in [0.1, 0.15) is 0 Å². The van der Waals surface area contributed by atoms with E-state index >= 15 is 0 Å². The van der Waals surface area contributed by atoms with E-state index in [1.54, 1.807) is 7.05 Å². The maximum absolute atomic E-state index is 5.66. The van der Waals surface area contributed by atoms with E-state index in [1.807, 2.05) is 29.8 Å². The van der Waals surface area contributed by atoms with Crippen LogP contribution in [0.2, 0.25) is 0 Å². The summed E-state index contributed by atoms with van der Waals surface area (Å²) in [6.45, 7) is 7.87. The molecule has 2 aromatic rings. The van der Waals surface area contributed by atoms with Gasteiger partial charge in [-0.3, -0.25) is 9.67 Å². The van der Waals surface area contributed by atoms with Gasteiger partial charge in [0.2, 0.25) is 0 Å². The predicted octanol–water partition coefficient (Wildman–Crippen LogP) is 2.27. The van der Waals surface area contributed by atoms with Crippen molar-refractivity contribution in [3.63, 3.8) is 0 Å². The molecular weight excluding hydrogens is 314 g/mol. The van der Waals surface area contributed by atoms with Crippen LogP contribution in [0, 0.1) is 13.8 Å². The average Bonchev–Trinajstić information content (AvgIpc) is 2.94. The molecule has 2 rings (SSSR count). The molecule has 0 saturated heterocycles. The molecule has 0 aliphatic heterocycles. The number of aliphatic imine (C=N–C) groups is 1. The molecule has 1 aromatic heterocycles. The van der Waals surface area contributed by atoms with Gasteiger partial charge in [0.25, 0.3) is 0 Å². The molecule has 0 amide bonds. The number of aromatic nitrogens is 2. The summed E-state index contributed by atoms with van der Waals surface area (Å²) in [6, 6.07) is 12.3. The van der Waals surface area contributed by atoms with Gasteiger partial charge in [-0.1, -0.05) is 30.3 Å². The van der Waals surface area contributed by atoms with Crippen molar-refractivity contribution in [3.8, 4) is 0 Å². The van der Waals surface area contributed by atoms with E-state index in [0.29, 0.717) is 13.2 Å². The van der Waals surface area contributed by atoms with Crippen molar-refractivity contribution in [2.24, 2.45) is 4.99 Å². The Morgan fingerprint density at radius 1 is 1.16 bits per heavy atom. The lowest BCUT2D eigenvalue weighted by atomic mass is 10.2. The Labute approximate surface area is 150 Å². The van der Waals surface area contributed by atoms with E-state index < -0.39 is 0 Å². The van der Waals surface area contributed by atoms with Crippen LogP contribution in [0.1, 0.15) is 23.4 Å². The van der Waals surface area contributed by atoms with E-state index in [9.17, 15) is 0 Å². The Bertz CT molecular complexity index is 651. The van der Waals surface area contributed by atoms with Crippen molar-refractivity contribution < 1.29 is 4.74 Å². The summed E-state index contributed by atoms with van der Waals surface area (Å²) < 4.78 is 7.70. The SMILES string of the molecule is CN=C(NCCCn1nc(C)cc1C)NCCOCc1ccccc1. The van der Waals surface area contributed by atoms with Gasteiger partial charge in [-0.25, -0.2) is 0 Å². The minimum absolute atomic E-state index is 0.636. The fourth-order valence-corrected chi connectivity index (χ4v) is 2.56. The smallest absolute Gasteiger partial charge is 0.191 e. The van der Waals surface area contributed by atoms with Crippen LogP contribution in [-0.4, -0.2) is 42.5 Å². The van der Waals surface area contributed by atoms with Crippen molar-refractivity contribution in [1.82, 2.24) is 20.4 Å². The molecular formula is C19H29N5O. The number of nitrogens with one attached hydrogen (secondary N) is 2. The van der Waals surface area contributed by atoms with Crippen molar-refractivity contribution in [2.45, 2.75) is 33.4 Å². The molecule has 0 fully saturated rings. The van der Waals surface area contributed by atoms with Crippen LogP contribution in [0.4, 0.5) is 0 Å². The Morgan fingerprint density at radius 3 is 2.60 bits per heavy atom. The van der Waals surface area contributed by atoms with Crippen LogP contribution in [0.15, 0.2) is 41.4 Å². The molecule has 0 unspecified atom stereocenters. The van der Waals surface area contributed by atoms with E-state index in [4.69, 9.17) is 4.74 Å².